The number of likely N-dealkylation sites (N-methyl/N-ethyl adjacent to an activating group) is 1. The van der Waals surface area contributed by atoms with Gasteiger partial charge in [0.2, 0.25) is 5.91 Å². The van der Waals surface area contributed by atoms with E-state index in [0.717, 1.165) is 31.2 Å². The SMILES string of the molecule is CN(CC(=O)N[C@]12CCCC1[C@H]1CCC3[C@@]4(C)CC=C(c5ccc(C(=O)O)cc5)C(C)(C)C4CC[C@@]3(C)[C@]1(C)CC2)C1CCS(=O)(=O)C1. The molecular weight excluding hydrogens is 621 g/mol. The average Bonchev–Trinajstić information content (AvgIpc) is 3.60. The van der Waals surface area contributed by atoms with Gasteiger partial charge in [0.1, 0.15) is 0 Å². The van der Waals surface area contributed by atoms with Crippen LogP contribution in [0.5, 0.6) is 0 Å². The molecule has 7 nitrogen and oxygen atoms in total. The molecule has 0 spiro atoms. The minimum Gasteiger partial charge on any atom is -0.478 e. The molecule has 8 heteroatoms. The fourth-order valence-electron chi connectivity index (χ4n) is 13.5. The van der Waals surface area contributed by atoms with Crippen molar-refractivity contribution in [3.05, 3.63) is 41.5 Å². The molecule has 1 amide bonds. The molecule has 4 unspecified atom stereocenters. The van der Waals surface area contributed by atoms with Crippen molar-refractivity contribution < 1.29 is 23.1 Å². The van der Waals surface area contributed by atoms with E-state index in [1.807, 2.05) is 24.1 Å². The standard InChI is InChI=1S/C40H58N2O5S/c1-36(2)29(26-9-11-27(12-10-26)35(44)45)15-19-37(3)32(36)16-20-39(5)33(37)14-13-30-31-8-7-18-40(31,22-21-38(30,39)4)41-34(43)24-42(6)28-17-23-48(46,47)25-28/h9-12,15,28,30-33H,7-8,13-14,16-25H2,1-6H3,(H,41,43)(H,44,45)/t28?,30-,31?,32?,33?,37+,38-,39-,40+/m1/s1. The molecule has 6 aliphatic rings. The summed E-state index contributed by atoms with van der Waals surface area (Å²) in [6.07, 6.45) is 14.7. The minimum atomic E-state index is -2.99. The van der Waals surface area contributed by atoms with E-state index in [1.54, 1.807) is 12.1 Å². The number of aromatic carboxylic acids is 1. The summed E-state index contributed by atoms with van der Waals surface area (Å²) in [6.45, 7) is 13.0. The molecule has 1 heterocycles. The predicted octanol–water partition coefficient (Wildman–Crippen LogP) is 7.22. The first-order valence-electron chi connectivity index (χ1n) is 18.7. The maximum absolute atomic E-state index is 13.6. The van der Waals surface area contributed by atoms with Gasteiger partial charge in [-0.25, -0.2) is 13.2 Å². The smallest absolute Gasteiger partial charge is 0.335 e. The van der Waals surface area contributed by atoms with Gasteiger partial charge in [0.25, 0.3) is 0 Å². The van der Waals surface area contributed by atoms with Gasteiger partial charge in [0.05, 0.1) is 23.6 Å². The highest BCUT2D eigenvalue weighted by atomic mass is 32.2. The third-order valence-corrected chi connectivity index (χ3v) is 17.7. The fourth-order valence-corrected chi connectivity index (χ4v) is 15.3. The van der Waals surface area contributed by atoms with Gasteiger partial charge in [-0.2, -0.15) is 0 Å². The number of amides is 1. The highest BCUT2D eigenvalue weighted by Crippen LogP contribution is 2.76. The molecule has 9 atom stereocenters. The number of rotatable bonds is 6. The Labute approximate surface area is 288 Å². The zero-order valence-electron chi connectivity index (χ0n) is 30.1. The third kappa shape index (κ3) is 5.07. The first kappa shape index (κ1) is 34.3. The number of nitrogens with zero attached hydrogens (tertiary/aromatic N) is 1. The summed E-state index contributed by atoms with van der Waals surface area (Å²) in [6, 6.07) is 7.44. The Morgan fingerprint density at radius 2 is 1.60 bits per heavy atom. The maximum Gasteiger partial charge on any atom is 0.335 e. The van der Waals surface area contributed by atoms with Crippen molar-refractivity contribution in [3.8, 4) is 0 Å². The summed E-state index contributed by atoms with van der Waals surface area (Å²) in [7, 11) is -1.08. The lowest BCUT2D eigenvalue weighted by molar-refractivity contribution is -0.217. The maximum atomic E-state index is 13.6. The van der Waals surface area contributed by atoms with E-state index in [4.69, 9.17) is 0 Å². The second-order valence-corrected chi connectivity index (χ2v) is 20.5. The Hall–Kier alpha value is -2.19. The van der Waals surface area contributed by atoms with Crippen LogP contribution in [0, 0.1) is 45.3 Å². The van der Waals surface area contributed by atoms with Gasteiger partial charge in [0, 0.05) is 11.6 Å². The van der Waals surface area contributed by atoms with E-state index < -0.39 is 15.8 Å². The molecule has 0 bridgehead atoms. The number of carboxylic acid groups (broad SMARTS) is 1. The molecule has 0 radical (unpaired) electrons. The number of carboxylic acids is 1. The largest absolute Gasteiger partial charge is 0.478 e. The van der Waals surface area contributed by atoms with E-state index >= 15 is 0 Å². The summed E-state index contributed by atoms with van der Waals surface area (Å²) >= 11 is 0. The number of sulfone groups is 1. The average molecular weight is 679 g/mol. The van der Waals surface area contributed by atoms with Crippen molar-refractivity contribution in [1.29, 1.82) is 0 Å². The van der Waals surface area contributed by atoms with Crippen LogP contribution in [-0.2, 0) is 14.6 Å². The van der Waals surface area contributed by atoms with Crippen LogP contribution in [0.1, 0.15) is 121 Å². The molecule has 7 rings (SSSR count). The predicted molar refractivity (Wildman–Crippen MR) is 190 cm³/mol. The second-order valence-electron chi connectivity index (χ2n) is 18.3. The Kier molecular flexibility index (Phi) is 8.15. The monoisotopic (exact) mass is 678 g/mol. The number of carbonyl (C=O) groups is 2. The quantitative estimate of drug-likeness (QED) is 0.329. The van der Waals surface area contributed by atoms with E-state index in [-0.39, 0.29) is 57.2 Å². The summed E-state index contributed by atoms with van der Waals surface area (Å²) in [5, 5.41) is 13.1. The topological polar surface area (TPSA) is 104 Å². The molecule has 5 fully saturated rings. The van der Waals surface area contributed by atoms with Crippen LogP contribution in [-0.4, -0.2) is 67.0 Å². The fraction of sp³-hybridized carbons (Fsp3) is 0.750. The van der Waals surface area contributed by atoms with Gasteiger partial charge >= 0.3 is 5.97 Å². The van der Waals surface area contributed by atoms with Crippen LogP contribution in [0.15, 0.2) is 30.3 Å². The van der Waals surface area contributed by atoms with Crippen molar-refractivity contribution in [3.63, 3.8) is 0 Å². The van der Waals surface area contributed by atoms with Gasteiger partial charge < -0.3 is 10.4 Å². The Morgan fingerprint density at radius 1 is 0.875 bits per heavy atom. The van der Waals surface area contributed by atoms with E-state index in [1.165, 1.54) is 44.1 Å². The first-order valence-corrected chi connectivity index (χ1v) is 20.5. The molecular formula is C40H58N2O5S. The van der Waals surface area contributed by atoms with Crippen LogP contribution in [0.2, 0.25) is 0 Å². The summed E-state index contributed by atoms with van der Waals surface area (Å²) in [4.78, 5) is 27.1. The number of nitrogens with one attached hydrogen (secondary N) is 1. The molecule has 4 saturated carbocycles. The molecule has 2 N–H and O–H groups in total. The number of fused-ring (bicyclic) bond motifs is 7. The lowest BCUT2D eigenvalue weighted by Gasteiger charge is -2.72. The summed E-state index contributed by atoms with van der Waals surface area (Å²) in [5.74, 6) is 1.88. The van der Waals surface area contributed by atoms with Gasteiger partial charge in [0.15, 0.2) is 9.84 Å². The lowest BCUT2D eigenvalue weighted by Crippen LogP contribution is -2.68. The second kappa shape index (κ2) is 11.4. The van der Waals surface area contributed by atoms with Crippen LogP contribution in [0.3, 0.4) is 0 Å². The third-order valence-electron chi connectivity index (χ3n) is 16.0. The summed E-state index contributed by atoms with van der Waals surface area (Å²) < 4.78 is 24.1. The minimum absolute atomic E-state index is 0.00980. The van der Waals surface area contributed by atoms with Crippen LogP contribution < -0.4 is 5.32 Å². The Bertz CT molecular complexity index is 1620. The van der Waals surface area contributed by atoms with Gasteiger partial charge in [-0.05, 0) is 140 Å². The van der Waals surface area contributed by atoms with Crippen LogP contribution in [0.4, 0.5) is 0 Å². The zero-order valence-corrected chi connectivity index (χ0v) is 30.9. The number of benzene rings is 1. The molecule has 264 valence electrons. The van der Waals surface area contributed by atoms with Crippen molar-refractivity contribution in [2.24, 2.45) is 45.3 Å². The number of carbonyl (C=O) groups excluding carboxylic acids is 1. The molecule has 1 saturated heterocycles. The lowest BCUT2D eigenvalue weighted by atomic mass is 9.33. The van der Waals surface area contributed by atoms with Crippen molar-refractivity contribution in [2.75, 3.05) is 25.1 Å². The summed E-state index contributed by atoms with van der Waals surface area (Å²) in [5.41, 5.74) is 3.38. The first-order chi connectivity index (χ1) is 22.5. The number of hydrogen-bond acceptors (Lipinski definition) is 5. The molecule has 1 aliphatic heterocycles. The molecule has 48 heavy (non-hydrogen) atoms. The highest BCUT2D eigenvalue weighted by Gasteiger charge is 2.69. The van der Waals surface area contributed by atoms with Gasteiger partial charge in [-0.1, -0.05) is 59.2 Å². The number of hydrogen-bond donors (Lipinski definition) is 2. The van der Waals surface area contributed by atoms with Gasteiger partial charge in [-0.3, -0.25) is 9.69 Å². The van der Waals surface area contributed by atoms with Crippen LogP contribution in [0.25, 0.3) is 5.57 Å². The normalized spacial score (nSPS) is 42.6. The van der Waals surface area contributed by atoms with Crippen molar-refractivity contribution in [2.45, 2.75) is 117 Å². The van der Waals surface area contributed by atoms with E-state index in [9.17, 15) is 23.1 Å². The Balaban J connectivity index is 1.11. The molecule has 5 aliphatic carbocycles. The molecule has 1 aromatic rings. The number of allylic oxidation sites excluding steroid dienone is 2. The van der Waals surface area contributed by atoms with Crippen LogP contribution >= 0.6 is 0 Å². The Morgan fingerprint density at radius 3 is 2.27 bits per heavy atom. The van der Waals surface area contributed by atoms with Crippen molar-refractivity contribution in [1.82, 2.24) is 10.2 Å². The molecule has 0 aromatic heterocycles. The zero-order chi connectivity index (χ0) is 34.5. The van der Waals surface area contributed by atoms with Gasteiger partial charge in [-0.15, -0.1) is 0 Å². The van der Waals surface area contributed by atoms with E-state index in [2.05, 4.69) is 46.0 Å². The molecule has 1 aromatic carbocycles. The highest BCUT2D eigenvalue weighted by molar-refractivity contribution is 7.91. The van der Waals surface area contributed by atoms with Crippen molar-refractivity contribution >= 4 is 27.3 Å². The van der Waals surface area contributed by atoms with E-state index in [0.29, 0.717) is 35.7 Å².